The number of phosphoric ester groups is 3. The Kier molecular flexibility index (Phi) is 22.5. The first-order valence-electron chi connectivity index (χ1n) is 30.9. The average Bonchev–Trinajstić information content (AvgIpc) is 1.62. The smallest absolute Gasteiger partial charge is 0.471 e. The molecule has 2 unspecified atom stereocenters. The van der Waals surface area contributed by atoms with Gasteiger partial charge in [0.05, 0.1) is 60.9 Å². The topological polar surface area (TPSA) is 397 Å². The number of aromatic nitrogens is 9. The average molecular weight is 1440 g/mol. The van der Waals surface area contributed by atoms with Crippen LogP contribution in [0.1, 0.15) is 13.8 Å². The van der Waals surface area contributed by atoms with Crippen LogP contribution in [0, 0.1) is 5.41 Å². The van der Waals surface area contributed by atoms with E-state index in [1.165, 1.54) is 19.0 Å². The van der Waals surface area contributed by atoms with Crippen molar-refractivity contribution in [3.63, 3.8) is 0 Å². The lowest BCUT2D eigenvalue weighted by atomic mass is 9.88. The van der Waals surface area contributed by atoms with Gasteiger partial charge in [0, 0.05) is 59.5 Å². The number of nitrogens with zero attached hydrogens (tertiary/aromatic N) is 8. The summed E-state index contributed by atoms with van der Waals surface area (Å²) in [6, 6.07) is 49.9. The summed E-state index contributed by atoms with van der Waals surface area (Å²) in [5, 5.41) is 10.6. The number of para-hydroxylation sites is 3. The van der Waals surface area contributed by atoms with E-state index in [0.29, 0.717) is 82.5 Å². The number of aromatic amines is 1. The number of aliphatic hydroxyl groups excluding tert-OH is 1. The SMILES string of the molecule is CC(COP(=O)(O)O)Oc1ccc(-c2cn(-c3ccccc3)c3nc[nH]c(=O)c23)cc1.COCC(C)Oc1ccc(-c2cn(-c3ccccc3)c3ncn(COP(=O)(O)O)c(=O)c23)cc1.O=c1c2c(-c3ccc(OCC4(CO)COC4)cc3)cn(-c3ccccc3)c2ncn1COP(=O)(O)O. The summed E-state index contributed by atoms with van der Waals surface area (Å²) in [5.74, 6) is 1.77. The number of ether oxygens (including phenoxy) is 5. The van der Waals surface area contributed by atoms with Crippen LogP contribution in [0.4, 0.5) is 0 Å². The second kappa shape index (κ2) is 31.4. The molecule has 0 bridgehead atoms. The molecule has 526 valence electrons. The van der Waals surface area contributed by atoms with Crippen LogP contribution >= 0.6 is 23.5 Å². The molecule has 6 aromatic carbocycles. The zero-order valence-corrected chi connectivity index (χ0v) is 56.8. The van der Waals surface area contributed by atoms with Gasteiger partial charge in [-0.15, -0.1) is 0 Å². The summed E-state index contributed by atoms with van der Waals surface area (Å²) in [5.41, 5.74) is 6.41. The van der Waals surface area contributed by atoms with Crippen LogP contribution in [0.2, 0.25) is 0 Å². The summed E-state index contributed by atoms with van der Waals surface area (Å²) in [6.45, 7) is 3.67. The summed E-state index contributed by atoms with van der Waals surface area (Å²) in [7, 11) is -12.5. The van der Waals surface area contributed by atoms with Gasteiger partial charge in [-0.2, -0.15) is 0 Å². The molecule has 33 heteroatoms. The minimum Gasteiger partial charge on any atom is -0.493 e. The van der Waals surface area contributed by atoms with Gasteiger partial charge in [0.15, 0.2) is 16.9 Å². The molecule has 101 heavy (non-hydrogen) atoms. The Morgan fingerprint density at radius 2 is 0.881 bits per heavy atom. The van der Waals surface area contributed by atoms with Crippen LogP contribution < -0.4 is 30.9 Å². The second-order valence-electron chi connectivity index (χ2n) is 23.2. The number of aliphatic hydroxyl groups is 1. The molecule has 1 aliphatic heterocycles. The molecule has 1 saturated heterocycles. The van der Waals surface area contributed by atoms with E-state index in [9.17, 15) is 33.2 Å². The third-order valence-corrected chi connectivity index (χ3v) is 17.1. The van der Waals surface area contributed by atoms with Gasteiger partial charge in [-0.25, -0.2) is 28.6 Å². The molecule has 0 aliphatic carbocycles. The highest BCUT2D eigenvalue weighted by molar-refractivity contribution is 7.46. The molecule has 12 aromatic rings. The molecule has 13 rings (SSSR count). The van der Waals surface area contributed by atoms with E-state index >= 15 is 0 Å². The molecule has 2 atom stereocenters. The van der Waals surface area contributed by atoms with Crippen molar-refractivity contribution >= 4 is 56.6 Å². The van der Waals surface area contributed by atoms with E-state index in [0.717, 1.165) is 48.5 Å². The second-order valence-corrected chi connectivity index (χ2v) is 26.9. The van der Waals surface area contributed by atoms with Gasteiger partial charge < -0.3 is 76.8 Å². The van der Waals surface area contributed by atoms with Gasteiger partial charge >= 0.3 is 23.5 Å². The Morgan fingerprint density at radius 1 is 0.505 bits per heavy atom. The normalized spacial score (nSPS) is 13.6. The minimum absolute atomic E-state index is 0.0188. The molecule has 30 nitrogen and oxygen atoms in total. The van der Waals surface area contributed by atoms with Crippen LogP contribution in [-0.2, 0) is 50.2 Å². The van der Waals surface area contributed by atoms with E-state index in [-0.39, 0.29) is 35.7 Å². The van der Waals surface area contributed by atoms with Gasteiger partial charge in [-0.3, -0.25) is 37.1 Å². The highest BCUT2D eigenvalue weighted by Crippen LogP contribution is 2.40. The fourth-order valence-corrected chi connectivity index (χ4v) is 11.8. The molecule has 7 heterocycles. The Balaban J connectivity index is 0.000000153. The molecule has 1 fully saturated rings. The fourth-order valence-electron chi connectivity index (χ4n) is 10.8. The third kappa shape index (κ3) is 17.9. The van der Waals surface area contributed by atoms with Crippen molar-refractivity contribution in [1.29, 1.82) is 0 Å². The number of fused-ring (bicyclic) bond motifs is 3. The van der Waals surface area contributed by atoms with Crippen molar-refractivity contribution in [3.8, 4) is 67.7 Å². The summed E-state index contributed by atoms with van der Waals surface area (Å²) >= 11 is 0. The van der Waals surface area contributed by atoms with E-state index in [4.69, 9.17) is 53.0 Å². The van der Waals surface area contributed by atoms with Crippen LogP contribution in [0.3, 0.4) is 0 Å². The van der Waals surface area contributed by atoms with Crippen molar-refractivity contribution in [2.75, 3.05) is 46.8 Å². The first-order chi connectivity index (χ1) is 48.4. The number of rotatable bonds is 25. The molecule has 0 radical (unpaired) electrons. The standard InChI is InChI=1S/C24H24N3O8P.C23H24N3O7P.C21H20N3O6P/c28-11-24(12-33-13-24)14-34-19-8-6-17(7-9-19)20-10-27(18-4-2-1-3-5-18)22-21(20)23(29)26(15-25-22)16-35-36(30,31)32;1-16(13-31-2)33-19-10-8-17(9-11-19)20-12-26(18-6-4-3-5-7-18)22-21(20)23(27)25(14-24-22)15-32-34(28,29)30;1-14(12-29-31(26,27)28)30-17-9-7-15(8-10-17)18-11-24(16-5-3-2-4-6-16)20-19(18)21(25)23-13-22-20/h1-10,15,28H,11-14,16H2,(H2,30,31,32);3-12,14,16H,13,15H2,1-2H3,(H2,28,29,30);2-11,13-14H,12H2,1H3,(H,22,23,25)(H2,26,27,28). The maximum absolute atomic E-state index is 13.4. The maximum atomic E-state index is 13.4. The van der Waals surface area contributed by atoms with Crippen LogP contribution in [0.25, 0.3) is 83.5 Å². The Hall–Kier alpha value is -9.81. The number of benzene rings is 6. The number of hydrogen-bond acceptors (Lipinski definition) is 18. The lowest BCUT2D eigenvalue weighted by Crippen LogP contribution is -2.49. The largest absolute Gasteiger partial charge is 0.493 e. The molecular weight excluding hydrogens is 1370 g/mol. The van der Waals surface area contributed by atoms with Crippen LogP contribution in [0.5, 0.6) is 17.2 Å². The predicted molar refractivity (Wildman–Crippen MR) is 371 cm³/mol. The van der Waals surface area contributed by atoms with Crippen molar-refractivity contribution in [2.45, 2.75) is 39.5 Å². The molecule has 1 aliphatic rings. The quantitative estimate of drug-likeness (QED) is 0.0247. The van der Waals surface area contributed by atoms with Crippen molar-refractivity contribution in [2.24, 2.45) is 5.41 Å². The number of nitrogens with one attached hydrogen (secondary N) is 1. The zero-order chi connectivity index (χ0) is 71.6. The van der Waals surface area contributed by atoms with Gasteiger partial charge in [-0.1, -0.05) is 91.0 Å². The zero-order valence-electron chi connectivity index (χ0n) is 54.1. The lowest BCUT2D eigenvalue weighted by molar-refractivity contribution is -0.153. The van der Waals surface area contributed by atoms with Gasteiger partial charge in [0.1, 0.15) is 62.2 Å². The van der Waals surface area contributed by atoms with E-state index < -0.39 is 54.2 Å². The fraction of sp³-hybridized carbons (Fsp3) is 0.206. The maximum Gasteiger partial charge on any atom is 0.471 e. The van der Waals surface area contributed by atoms with Crippen molar-refractivity contribution < 1.29 is 85.4 Å². The van der Waals surface area contributed by atoms with Gasteiger partial charge in [0.2, 0.25) is 0 Å². The predicted octanol–water partition coefficient (Wildman–Crippen LogP) is 8.90. The Labute approximate surface area is 574 Å². The monoisotopic (exact) mass is 1440 g/mol. The van der Waals surface area contributed by atoms with E-state index in [2.05, 4.69) is 33.5 Å². The first kappa shape index (κ1) is 72.4. The van der Waals surface area contributed by atoms with Crippen molar-refractivity contribution in [3.05, 3.63) is 232 Å². The highest BCUT2D eigenvalue weighted by atomic mass is 31.2. The minimum atomic E-state index is -4.78. The number of methoxy groups -OCH3 is 1. The Bertz CT molecular complexity index is 5160. The first-order valence-corrected chi connectivity index (χ1v) is 35.5. The van der Waals surface area contributed by atoms with Crippen LogP contribution in [-0.4, -0.2) is 136 Å². The highest BCUT2D eigenvalue weighted by Gasteiger charge is 2.39. The van der Waals surface area contributed by atoms with Crippen LogP contribution in [0.15, 0.2) is 216 Å². The number of hydrogen-bond donors (Lipinski definition) is 8. The number of H-pyrrole nitrogens is 1. The summed E-state index contributed by atoms with van der Waals surface area (Å²) < 4.78 is 81.6. The van der Waals surface area contributed by atoms with E-state index in [1.54, 1.807) is 65.8 Å². The molecule has 0 saturated carbocycles. The van der Waals surface area contributed by atoms with Crippen molar-refractivity contribution in [1.82, 2.24) is 42.8 Å². The molecule has 8 N–H and O–H groups in total. The van der Waals surface area contributed by atoms with E-state index in [1.807, 2.05) is 151 Å². The molecular formula is C68H68N9O21P3. The molecule has 0 amide bonds. The van der Waals surface area contributed by atoms with Gasteiger partial charge in [-0.05, 0) is 103 Å². The molecule has 6 aromatic heterocycles. The summed E-state index contributed by atoms with van der Waals surface area (Å²) in [6.07, 6.45) is 8.57. The third-order valence-electron chi connectivity index (χ3n) is 15.7. The van der Waals surface area contributed by atoms with Gasteiger partial charge in [0.25, 0.3) is 16.7 Å². The summed E-state index contributed by atoms with van der Waals surface area (Å²) in [4.78, 5) is 109. The number of phosphoric acid groups is 3. The molecule has 0 spiro atoms. The lowest BCUT2D eigenvalue weighted by Gasteiger charge is -2.39. The Morgan fingerprint density at radius 3 is 1.25 bits per heavy atom.